The number of amides is 1. The number of aromatic nitrogens is 1. The number of thioether (sulfide) groups is 1. The summed E-state index contributed by atoms with van der Waals surface area (Å²) in [6.45, 7) is 0. The van der Waals surface area contributed by atoms with Gasteiger partial charge in [0.25, 0.3) is 0 Å². The highest BCUT2D eigenvalue weighted by Gasteiger charge is 1.95. The van der Waals surface area contributed by atoms with Gasteiger partial charge in [0.05, 0.1) is 0 Å². The van der Waals surface area contributed by atoms with Crippen molar-refractivity contribution in [3.05, 3.63) is 30.1 Å². The number of hydrogen-bond donors (Lipinski definition) is 1. The molecule has 0 unspecified atom stereocenters. The molecule has 14 heavy (non-hydrogen) atoms. The molecule has 76 valence electrons. The van der Waals surface area contributed by atoms with Gasteiger partial charge in [-0.05, 0) is 23.8 Å². The second-order valence-corrected chi connectivity index (χ2v) is 4.09. The summed E-state index contributed by atoms with van der Waals surface area (Å²) >= 11 is 1.80. The van der Waals surface area contributed by atoms with E-state index in [2.05, 4.69) is 4.98 Å². The second-order valence-electron chi connectivity index (χ2n) is 2.98. The molecule has 1 aromatic rings. The molecule has 0 bridgehead atoms. The van der Waals surface area contributed by atoms with Gasteiger partial charge in [0.2, 0.25) is 5.91 Å². The predicted octanol–water partition coefficient (Wildman–Crippen LogP) is 1.58. The Balaban J connectivity index is 2.08. The third-order valence-electron chi connectivity index (χ3n) is 1.70. The minimum absolute atomic E-state index is 0.216. The molecule has 0 fully saturated rings. The monoisotopic (exact) mass is 210 g/mol. The normalized spacial score (nSPS) is 10.0. The number of pyridine rings is 1. The first-order valence-corrected chi connectivity index (χ1v) is 5.69. The van der Waals surface area contributed by atoms with Crippen LogP contribution in [-0.4, -0.2) is 16.6 Å². The molecule has 4 heteroatoms. The number of hydrogen-bond acceptors (Lipinski definition) is 3. The maximum absolute atomic E-state index is 10.4. The first-order chi connectivity index (χ1) is 6.79. The minimum atomic E-state index is -0.216. The Morgan fingerprint density at radius 2 is 2.43 bits per heavy atom. The molecule has 1 heterocycles. The molecule has 1 amide bonds. The summed E-state index contributed by atoms with van der Waals surface area (Å²) in [7, 11) is 0. The zero-order chi connectivity index (χ0) is 10.2. The standard InChI is InChI=1S/C10H14N2OS/c11-10(13)4-2-6-14-8-9-3-1-5-12-7-9/h1,3,5,7H,2,4,6,8H2,(H2,11,13). The molecule has 0 aromatic carbocycles. The third-order valence-corrected chi connectivity index (χ3v) is 2.82. The minimum Gasteiger partial charge on any atom is -0.370 e. The lowest BCUT2D eigenvalue weighted by Crippen LogP contribution is -2.09. The van der Waals surface area contributed by atoms with Crippen molar-refractivity contribution in [3.63, 3.8) is 0 Å². The largest absolute Gasteiger partial charge is 0.370 e. The SMILES string of the molecule is NC(=O)CCCSCc1cccnc1. The van der Waals surface area contributed by atoms with E-state index in [1.54, 1.807) is 18.0 Å². The summed E-state index contributed by atoms with van der Waals surface area (Å²) in [5, 5.41) is 0. The Kier molecular flexibility index (Phi) is 5.07. The van der Waals surface area contributed by atoms with Gasteiger partial charge in [-0.25, -0.2) is 0 Å². The van der Waals surface area contributed by atoms with E-state index in [4.69, 9.17) is 5.73 Å². The molecule has 0 aliphatic heterocycles. The predicted molar refractivity (Wildman–Crippen MR) is 58.8 cm³/mol. The molecule has 0 saturated heterocycles. The molecule has 0 spiro atoms. The lowest BCUT2D eigenvalue weighted by Gasteiger charge is -1.99. The van der Waals surface area contributed by atoms with Gasteiger partial charge >= 0.3 is 0 Å². The summed E-state index contributed by atoms with van der Waals surface area (Å²) in [6, 6.07) is 3.98. The fourth-order valence-electron chi connectivity index (χ4n) is 1.02. The van der Waals surface area contributed by atoms with Crippen LogP contribution in [0.25, 0.3) is 0 Å². The summed E-state index contributed by atoms with van der Waals surface area (Å²) in [5.74, 6) is 1.71. The lowest BCUT2D eigenvalue weighted by molar-refractivity contribution is -0.118. The summed E-state index contributed by atoms with van der Waals surface area (Å²) in [4.78, 5) is 14.5. The quantitative estimate of drug-likeness (QED) is 0.725. The third kappa shape index (κ3) is 4.87. The van der Waals surface area contributed by atoms with E-state index in [0.29, 0.717) is 6.42 Å². The van der Waals surface area contributed by atoms with Crippen LogP contribution in [0.15, 0.2) is 24.5 Å². The Bertz CT molecular complexity index is 277. The van der Waals surface area contributed by atoms with Crippen LogP contribution in [0.1, 0.15) is 18.4 Å². The van der Waals surface area contributed by atoms with Crippen LogP contribution in [0.2, 0.25) is 0 Å². The zero-order valence-electron chi connectivity index (χ0n) is 7.98. The first kappa shape index (κ1) is 11.0. The first-order valence-electron chi connectivity index (χ1n) is 4.54. The molecule has 0 aliphatic carbocycles. The number of rotatable bonds is 6. The van der Waals surface area contributed by atoms with Gasteiger partial charge in [-0.3, -0.25) is 9.78 Å². The van der Waals surface area contributed by atoms with E-state index in [1.807, 2.05) is 18.3 Å². The van der Waals surface area contributed by atoms with Crippen molar-refractivity contribution in [2.24, 2.45) is 5.73 Å². The molecule has 2 N–H and O–H groups in total. The van der Waals surface area contributed by atoms with E-state index in [1.165, 1.54) is 5.56 Å². The van der Waals surface area contributed by atoms with Gasteiger partial charge in [-0.2, -0.15) is 11.8 Å². The molecule has 0 radical (unpaired) electrons. The fraction of sp³-hybridized carbons (Fsp3) is 0.400. The summed E-state index contributed by atoms with van der Waals surface area (Å²) < 4.78 is 0. The maximum Gasteiger partial charge on any atom is 0.217 e. The van der Waals surface area contributed by atoms with Crippen molar-refractivity contribution in [2.45, 2.75) is 18.6 Å². The van der Waals surface area contributed by atoms with Gasteiger partial charge in [0, 0.05) is 24.6 Å². The highest BCUT2D eigenvalue weighted by molar-refractivity contribution is 7.98. The zero-order valence-corrected chi connectivity index (χ0v) is 8.80. The Hall–Kier alpha value is -1.03. The maximum atomic E-state index is 10.4. The van der Waals surface area contributed by atoms with Crippen LogP contribution < -0.4 is 5.73 Å². The van der Waals surface area contributed by atoms with Crippen LogP contribution in [0, 0.1) is 0 Å². The van der Waals surface area contributed by atoms with E-state index < -0.39 is 0 Å². The van der Waals surface area contributed by atoms with Gasteiger partial charge in [-0.15, -0.1) is 0 Å². The molecule has 1 aromatic heterocycles. The van der Waals surface area contributed by atoms with Crippen LogP contribution in [0.5, 0.6) is 0 Å². The number of nitrogens with zero attached hydrogens (tertiary/aromatic N) is 1. The molecular weight excluding hydrogens is 196 g/mol. The van der Waals surface area contributed by atoms with Crippen molar-refractivity contribution >= 4 is 17.7 Å². The average molecular weight is 210 g/mol. The number of nitrogens with two attached hydrogens (primary N) is 1. The molecule has 0 atom stereocenters. The summed E-state index contributed by atoms with van der Waals surface area (Å²) in [5.41, 5.74) is 6.25. The average Bonchev–Trinajstić information content (AvgIpc) is 2.18. The molecular formula is C10H14N2OS. The van der Waals surface area contributed by atoms with Crippen molar-refractivity contribution in [2.75, 3.05) is 5.75 Å². The van der Waals surface area contributed by atoms with E-state index in [-0.39, 0.29) is 5.91 Å². The highest BCUT2D eigenvalue weighted by Crippen LogP contribution is 2.12. The smallest absolute Gasteiger partial charge is 0.217 e. The highest BCUT2D eigenvalue weighted by atomic mass is 32.2. The number of carbonyl (C=O) groups excluding carboxylic acids is 1. The Morgan fingerprint density at radius 1 is 1.57 bits per heavy atom. The van der Waals surface area contributed by atoms with Crippen molar-refractivity contribution < 1.29 is 4.79 Å². The van der Waals surface area contributed by atoms with Crippen molar-refractivity contribution in [1.29, 1.82) is 0 Å². The van der Waals surface area contributed by atoms with Crippen LogP contribution >= 0.6 is 11.8 Å². The molecule has 1 rings (SSSR count). The summed E-state index contributed by atoms with van der Waals surface area (Å²) in [6.07, 6.45) is 4.97. The van der Waals surface area contributed by atoms with Gasteiger partial charge in [0.1, 0.15) is 0 Å². The van der Waals surface area contributed by atoms with Gasteiger partial charge in [0.15, 0.2) is 0 Å². The number of carbonyl (C=O) groups is 1. The lowest BCUT2D eigenvalue weighted by atomic mass is 10.3. The molecule has 0 aliphatic rings. The second kappa shape index (κ2) is 6.43. The van der Waals surface area contributed by atoms with Crippen LogP contribution in [-0.2, 0) is 10.5 Å². The van der Waals surface area contributed by atoms with Crippen LogP contribution in [0.4, 0.5) is 0 Å². The van der Waals surface area contributed by atoms with E-state index >= 15 is 0 Å². The van der Waals surface area contributed by atoms with Gasteiger partial charge < -0.3 is 5.73 Å². The van der Waals surface area contributed by atoms with Crippen molar-refractivity contribution in [1.82, 2.24) is 4.98 Å². The number of primary amides is 1. The van der Waals surface area contributed by atoms with Crippen LogP contribution in [0.3, 0.4) is 0 Å². The topological polar surface area (TPSA) is 56.0 Å². The van der Waals surface area contributed by atoms with E-state index in [9.17, 15) is 4.79 Å². The van der Waals surface area contributed by atoms with Gasteiger partial charge in [-0.1, -0.05) is 6.07 Å². The van der Waals surface area contributed by atoms with E-state index in [0.717, 1.165) is 17.9 Å². The molecule has 0 saturated carbocycles. The Labute approximate surface area is 88.1 Å². The van der Waals surface area contributed by atoms with Crippen molar-refractivity contribution in [3.8, 4) is 0 Å². The fourth-order valence-corrected chi connectivity index (χ4v) is 1.92. The Morgan fingerprint density at radius 3 is 3.07 bits per heavy atom. The molecule has 3 nitrogen and oxygen atoms in total.